The van der Waals surface area contributed by atoms with Crippen LogP contribution in [0.15, 0.2) is 30.3 Å². The average molecular weight is 691 g/mol. The summed E-state index contributed by atoms with van der Waals surface area (Å²) in [6.45, 7) is 1.18. The van der Waals surface area contributed by atoms with Crippen molar-refractivity contribution in [2.75, 3.05) is 14.1 Å². The molecule has 17 heteroatoms. The van der Waals surface area contributed by atoms with Crippen LogP contribution >= 0.6 is 0 Å². The number of benzene rings is 4. The first-order valence-corrected chi connectivity index (χ1v) is 13.5. The molecule has 1 nitrogen and oxygen atoms in total. The van der Waals surface area contributed by atoms with E-state index in [2.05, 4.69) is 38.4 Å². The van der Waals surface area contributed by atoms with E-state index in [-0.39, 0.29) is 6.42 Å². The van der Waals surface area contributed by atoms with Crippen LogP contribution in [0.25, 0.3) is 0 Å². The molecule has 0 saturated heterocycles. The molecule has 4 aromatic rings. The van der Waals surface area contributed by atoms with Crippen LogP contribution in [0.2, 0.25) is 6.32 Å². The molecule has 0 amide bonds. The topological polar surface area (TPSA) is 4.44 Å². The van der Waals surface area contributed by atoms with Crippen molar-refractivity contribution in [2.45, 2.75) is 26.1 Å². The molecule has 1 N–H and O–H groups in total. The molecule has 4 rings (SSSR count). The summed E-state index contributed by atoms with van der Waals surface area (Å²) >= 11 is 0. The van der Waals surface area contributed by atoms with Gasteiger partial charge in [0.05, 0.1) is 14.1 Å². The largest absolute Gasteiger partial charge is 0.307 e. The molecule has 0 aliphatic carbocycles. The summed E-state index contributed by atoms with van der Waals surface area (Å²) in [4.78, 5) is 1.37. The summed E-state index contributed by atoms with van der Waals surface area (Å²) in [5.74, 6) is -44.7. The third kappa shape index (κ3) is 6.28. The maximum atomic E-state index is 15.1. The molecule has 0 bridgehead atoms. The van der Waals surface area contributed by atoms with Crippen molar-refractivity contribution < 1.29 is 70.8 Å². The van der Waals surface area contributed by atoms with Gasteiger partial charge in [-0.25, -0.2) is 65.9 Å². The highest BCUT2D eigenvalue weighted by molar-refractivity contribution is 7.11. The summed E-state index contributed by atoms with van der Waals surface area (Å²) in [6.07, 6.45) is -8.14. The van der Waals surface area contributed by atoms with Crippen LogP contribution in [0, 0.1) is 87.3 Å². The highest BCUT2D eigenvalue weighted by Crippen LogP contribution is 2.30. The second-order valence-corrected chi connectivity index (χ2v) is 10.5. The molecule has 47 heavy (non-hydrogen) atoms. The van der Waals surface area contributed by atoms with Gasteiger partial charge in [0.15, 0.2) is 52.4 Å². The maximum absolute atomic E-state index is 15.1. The van der Waals surface area contributed by atoms with Gasteiger partial charge in [0.2, 0.25) is 0 Å². The van der Waals surface area contributed by atoms with E-state index in [0.717, 1.165) is 0 Å². The van der Waals surface area contributed by atoms with Crippen LogP contribution in [0.5, 0.6) is 0 Å². The van der Waals surface area contributed by atoms with Crippen LogP contribution < -0.4 is 21.3 Å². The zero-order valence-corrected chi connectivity index (χ0v) is 24.3. The third-order valence-corrected chi connectivity index (χ3v) is 7.55. The predicted molar refractivity (Wildman–Crippen MR) is 142 cm³/mol. The van der Waals surface area contributed by atoms with Crippen molar-refractivity contribution in [1.29, 1.82) is 0 Å². The molecular formula is C30H21BF15N. The Kier molecular flexibility index (Phi) is 11.4. The summed E-state index contributed by atoms with van der Waals surface area (Å²) in [5, 5.41) is 0. The first-order chi connectivity index (χ1) is 21.9. The van der Waals surface area contributed by atoms with Crippen molar-refractivity contribution in [2.24, 2.45) is 0 Å². The highest BCUT2D eigenvalue weighted by Gasteiger charge is 2.47. The van der Waals surface area contributed by atoms with Gasteiger partial charge >= 0.3 is 0 Å². The molecule has 0 fully saturated rings. The molecule has 0 heterocycles. The molecule has 0 atom stereocenters. The van der Waals surface area contributed by atoms with Gasteiger partial charge in [-0.3, -0.25) is 0 Å². The minimum Gasteiger partial charge on any atom is -0.307 e. The average Bonchev–Trinajstić information content (AvgIpc) is 3.06. The second-order valence-electron chi connectivity index (χ2n) is 10.5. The Balaban J connectivity index is 0.000000573. The van der Waals surface area contributed by atoms with E-state index in [1.165, 1.54) is 17.5 Å². The van der Waals surface area contributed by atoms with Gasteiger partial charge < -0.3 is 4.90 Å². The van der Waals surface area contributed by atoms with Crippen LogP contribution in [0.1, 0.15) is 19.8 Å². The smallest absolute Gasteiger partial charge is 0.200 e. The van der Waals surface area contributed by atoms with Gasteiger partial charge in [0.25, 0.3) is 0 Å². The molecule has 0 spiro atoms. The predicted octanol–water partition coefficient (Wildman–Crippen LogP) is 6.51. The number of para-hydroxylation sites is 1. The van der Waals surface area contributed by atoms with Crippen LogP contribution in [0.4, 0.5) is 71.5 Å². The second kappa shape index (κ2) is 14.3. The lowest BCUT2D eigenvalue weighted by Gasteiger charge is -2.44. The SMILES string of the molecule is CCCC[B-](c1c(F)c(F)c(F)c(F)c1F)(c1c(F)c(F)c(F)c(F)c1F)c1c(F)c(F)c(F)c(F)c1F.C[NH+](C)c1ccccc1. The van der Waals surface area contributed by atoms with Crippen molar-refractivity contribution >= 4 is 28.2 Å². The maximum Gasteiger partial charge on any atom is 0.200 e. The standard InChI is InChI=1S/C22H9BF15.C8H11N/c1-2-3-4-23(5-8(24)14(30)20(36)15(31)9(5)25,6-10(26)16(32)21(37)17(33)11(6)27)7-12(28)18(34)22(38)19(35)13(7)29;1-9(2)8-6-4-3-5-7-8/h2-4H2,1H3;3-7H,1-2H3/q-1;/p+1. The van der Waals surface area contributed by atoms with Crippen molar-refractivity contribution in [1.82, 2.24) is 0 Å². The lowest BCUT2D eigenvalue weighted by atomic mass is 9.13. The Morgan fingerprint density at radius 1 is 0.426 bits per heavy atom. The van der Waals surface area contributed by atoms with Gasteiger partial charge in [0.1, 0.15) is 46.7 Å². The van der Waals surface area contributed by atoms with E-state index in [9.17, 15) is 39.5 Å². The molecule has 0 saturated carbocycles. The van der Waals surface area contributed by atoms with Crippen LogP contribution in [0.3, 0.4) is 0 Å². The lowest BCUT2D eigenvalue weighted by Crippen LogP contribution is -3.00. The Bertz CT molecular complexity index is 1560. The van der Waals surface area contributed by atoms with E-state index in [1.807, 2.05) is 6.07 Å². The fourth-order valence-electron chi connectivity index (χ4n) is 5.31. The first-order valence-electron chi connectivity index (χ1n) is 13.5. The number of hydrogen-bond donors (Lipinski definition) is 1. The minimum absolute atomic E-state index is 0.316. The number of unbranched alkanes of at least 4 members (excludes halogenated alkanes) is 1. The van der Waals surface area contributed by atoms with Crippen molar-refractivity contribution in [3.05, 3.63) is 118 Å². The summed E-state index contributed by atoms with van der Waals surface area (Å²) < 4.78 is 217. The summed E-state index contributed by atoms with van der Waals surface area (Å²) in [7, 11) is 4.24. The Labute approximate surface area is 257 Å². The number of nitrogens with one attached hydrogen (secondary N) is 1. The molecule has 0 aromatic heterocycles. The van der Waals surface area contributed by atoms with E-state index >= 15 is 26.3 Å². The van der Waals surface area contributed by atoms with Gasteiger partial charge in [-0.15, -0.1) is 16.4 Å². The van der Waals surface area contributed by atoms with E-state index in [1.54, 1.807) is 0 Å². The van der Waals surface area contributed by atoms with Crippen molar-refractivity contribution in [3.8, 4) is 0 Å². The quantitative estimate of drug-likeness (QED) is 0.0978. The van der Waals surface area contributed by atoms with Crippen molar-refractivity contribution in [3.63, 3.8) is 0 Å². The monoisotopic (exact) mass is 691 g/mol. The fourth-order valence-corrected chi connectivity index (χ4v) is 5.31. The summed E-state index contributed by atoms with van der Waals surface area (Å²) in [6, 6.07) is 10.4. The molecule has 4 aromatic carbocycles. The summed E-state index contributed by atoms with van der Waals surface area (Å²) in [5.41, 5.74) is -6.37. The van der Waals surface area contributed by atoms with E-state index < -0.39 is 123 Å². The Hall–Kier alpha value is -4.15. The van der Waals surface area contributed by atoms with Crippen LogP contribution in [-0.4, -0.2) is 20.2 Å². The number of quaternary nitrogens is 1. The fraction of sp³-hybridized carbons (Fsp3) is 0.200. The van der Waals surface area contributed by atoms with Gasteiger partial charge in [-0.05, 0) is 12.1 Å². The molecule has 254 valence electrons. The van der Waals surface area contributed by atoms with Gasteiger partial charge in [-0.1, -0.05) is 38.0 Å². The first kappa shape index (κ1) is 37.3. The van der Waals surface area contributed by atoms with Crippen LogP contribution in [-0.2, 0) is 0 Å². The van der Waals surface area contributed by atoms with Gasteiger partial charge in [-0.2, -0.15) is 6.32 Å². The number of halogens is 15. The zero-order valence-electron chi connectivity index (χ0n) is 24.3. The number of hydrogen-bond acceptors (Lipinski definition) is 0. The third-order valence-electron chi connectivity index (χ3n) is 7.55. The molecule has 0 aliphatic heterocycles. The minimum atomic E-state index is -5.41. The zero-order chi connectivity index (χ0) is 35.7. The molecular weight excluding hydrogens is 670 g/mol. The number of rotatable bonds is 7. The lowest BCUT2D eigenvalue weighted by molar-refractivity contribution is -0.786. The normalized spacial score (nSPS) is 11.6. The van der Waals surface area contributed by atoms with Gasteiger partial charge in [0, 0.05) is 0 Å². The molecule has 0 radical (unpaired) electrons. The Morgan fingerprint density at radius 3 is 0.894 bits per heavy atom. The van der Waals surface area contributed by atoms with E-state index in [0.29, 0.717) is 0 Å². The Morgan fingerprint density at radius 2 is 0.681 bits per heavy atom. The molecule has 0 unspecified atom stereocenters. The highest BCUT2D eigenvalue weighted by atomic mass is 19.2. The van der Waals surface area contributed by atoms with E-state index in [4.69, 9.17) is 0 Å². The molecule has 0 aliphatic rings.